The maximum absolute atomic E-state index is 13.3. The van der Waals surface area contributed by atoms with E-state index in [-0.39, 0.29) is 6.04 Å². The normalized spacial score (nSPS) is 20.1. The van der Waals surface area contributed by atoms with Crippen molar-refractivity contribution < 1.29 is 23.1 Å². The molecule has 2 atom stereocenters. The third-order valence-corrected chi connectivity index (χ3v) is 4.32. The molecule has 1 aromatic rings. The molecule has 1 heterocycles. The minimum Gasteiger partial charge on any atom is -0.374 e. The summed E-state index contributed by atoms with van der Waals surface area (Å²) in [5.41, 5.74) is -3.30. The Morgan fingerprint density at radius 1 is 1.55 bits per heavy atom. The highest BCUT2D eigenvalue weighted by atomic mass is 19.4. The zero-order valence-corrected chi connectivity index (χ0v) is 12.5. The van der Waals surface area contributed by atoms with Crippen LogP contribution in [0.1, 0.15) is 38.4 Å². The van der Waals surface area contributed by atoms with Gasteiger partial charge in [-0.1, -0.05) is 6.42 Å². The maximum atomic E-state index is 13.3. The fourth-order valence-electron chi connectivity index (χ4n) is 2.67. The van der Waals surface area contributed by atoms with E-state index in [0.717, 1.165) is 30.0 Å². The maximum Gasteiger partial charge on any atom is 0.425 e. The fraction of sp³-hybridized carbons (Fsp3) is 0.714. The molecule has 0 aliphatic heterocycles. The Bertz CT molecular complexity index is 540. The predicted molar refractivity (Wildman–Crippen MR) is 72.7 cm³/mol. The van der Waals surface area contributed by atoms with Gasteiger partial charge in [0.2, 0.25) is 11.5 Å². The topological polar surface area (TPSA) is 67.2 Å². The lowest BCUT2D eigenvalue weighted by Crippen LogP contribution is -2.50. The molecule has 0 radical (unpaired) electrons. The number of nitrogens with one attached hydrogen (secondary N) is 1. The SMILES string of the molecule is CC(NC(=O)CC(O)(c1nccn1C)C(F)(F)F)C1CCC1. The zero-order chi connectivity index (χ0) is 16.5. The van der Waals surface area contributed by atoms with Crippen molar-refractivity contribution in [3.63, 3.8) is 0 Å². The molecule has 2 rings (SSSR count). The first-order chi connectivity index (χ1) is 10.1. The molecule has 1 fully saturated rings. The van der Waals surface area contributed by atoms with Gasteiger partial charge in [0.15, 0.2) is 5.82 Å². The second-order valence-electron chi connectivity index (χ2n) is 5.94. The van der Waals surface area contributed by atoms with Crippen LogP contribution in [0.15, 0.2) is 12.4 Å². The Morgan fingerprint density at radius 3 is 2.59 bits per heavy atom. The van der Waals surface area contributed by atoms with E-state index in [1.165, 1.54) is 13.2 Å². The van der Waals surface area contributed by atoms with Gasteiger partial charge < -0.3 is 15.0 Å². The van der Waals surface area contributed by atoms with Gasteiger partial charge in [-0.3, -0.25) is 4.79 Å². The highest BCUT2D eigenvalue weighted by Gasteiger charge is 2.58. The number of imidazole rings is 1. The Balaban J connectivity index is 2.13. The molecule has 0 saturated heterocycles. The molecule has 1 aliphatic carbocycles. The summed E-state index contributed by atoms with van der Waals surface area (Å²) in [5, 5.41) is 12.7. The highest BCUT2D eigenvalue weighted by Crippen LogP contribution is 2.40. The lowest BCUT2D eigenvalue weighted by molar-refractivity contribution is -0.271. The van der Waals surface area contributed by atoms with E-state index in [9.17, 15) is 23.1 Å². The van der Waals surface area contributed by atoms with Crippen molar-refractivity contribution in [2.45, 2.75) is 50.4 Å². The number of aromatic nitrogens is 2. The smallest absolute Gasteiger partial charge is 0.374 e. The number of alkyl halides is 3. The van der Waals surface area contributed by atoms with Crippen molar-refractivity contribution in [2.24, 2.45) is 13.0 Å². The van der Waals surface area contributed by atoms with E-state index >= 15 is 0 Å². The molecule has 8 heteroatoms. The molecule has 1 aromatic heterocycles. The number of rotatable bonds is 5. The van der Waals surface area contributed by atoms with Gasteiger partial charge in [-0.05, 0) is 25.7 Å². The molecule has 5 nitrogen and oxygen atoms in total. The fourth-order valence-corrected chi connectivity index (χ4v) is 2.67. The average molecular weight is 319 g/mol. The molecule has 124 valence electrons. The van der Waals surface area contributed by atoms with Crippen molar-refractivity contribution in [3.05, 3.63) is 18.2 Å². The first-order valence-electron chi connectivity index (χ1n) is 7.21. The second-order valence-corrected chi connectivity index (χ2v) is 5.94. The van der Waals surface area contributed by atoms with Gasteiger partial charge >= 0.3 is 6.18 Å². The van der Waals surface area contributed by atoms with Crippen LogP contribution in [-0.2, 0) is 17.4 Å². The standard InChI is InChI=1S/C14H20F3N3O2/c1-9(10-4-3-5-10)19-11(21)8-13(22,14(15,16)17)12-18-6-7-20(12)2/h6-7,9-10,22H,3-5,8H2,1-2H3,(H,19,21). The average Bonchev–Trinajstić information content (AvgIpc) is 2.71. The Labute approximate surface area is 126 Å². The summed E-state index contributed by atoms with van der Waals surface area (Å²) in [6.45, 7) is 1.77. The van der Waals surface area contributed by atoms with E-state index in [1.807, 2.05) is 0 Å². The summed E-state index contributed by atoms with van der Waals surface area (Å²) in [5.74, 6) is -1.12. The molecule has 1 saturated carbocycles. The largest absolute Gasteiger partial charge is 0.425 e. The van der Waals surface area contributed by atoms with Crippen molar-refractivity contribution in [1.82, 2.24) is 14.9 Å². The van der Waals surface area contributed by atoms with Crippen LogP contribution in [0, 0.1) is 5.92 Å². The predicted octanol–water partition coefficient (Wildman–Crippen LogP) is 1.86. The molecule has 22 heavy (non-hydrogen) atoms. The van der Waals surface area contributed by atoms with E-state index in [1.54, 1.807) is 6.92 Å². The molecule has 0 aromatic carbocycles. The van der Waals surface area contributed by atoms with Gasteiger partial charge in [-0.2, -0.15) is 13.2 Å². The summed E-state index contributed by atoms with van der Waals surface area (Å²) in [7, 11) is 1.34. The van der Waals surface area contributed by atoms with E-state index in [2.05, 4.69) is 10.3 Å². The van der Waals surface area contributed by atoms with Gasteiger partial charge in [0.1, 0.15) is 0 Å². The lowest BCUT2D eigenvalue weighted by atomic mass is 9.80. The van der Waals surface area contributed by atoms with Gasteiger partial charge in [0.05, 0.1) is 6.42 Å². The van der Waals surface area contributed by atoms with Crippen LogP contribution in [-0.4, -0.2) is 32.8 Å². The molecule has 1 aliphatic rings. The van der Waals surface area contributed by atoms with Gasteiger partial charge in [-0.15, -0.1) is 0 Å². The number of hydrogen-bond donors (Lipinski definition) is 2. The number of aliphatic hydroxyl groups is 1. The molecule has 0 bridgehead atoms. The van der Waals surface area contributed by atoms with E-state index < -0.39 is 29.9 Å². The summed E-state index contributed by atoms with van der Waals surface area (Å²) in [4.78, 5) is 15.5. The van der Waals surface area contributed by atoms with Crippen molar-refractivity contribution >= 4 is 5.91 Å². The molecule has 1 amide bonds. The van der Waals surface area contributed by atoms with E-state index in [0.29, 0.717) is 5.92 Å². The van der Waals surface area contributed by atoms with Gasteiger partial charge in [-0.25, -0.2) is 4.98 Å². The number of amides is 1. The number of halogens is 3. The van der Waals surface area contributed by atoms with Crippen LogP contribution in [0.2, 0.25) is 0 Å². The van der Waals surface area contributed by atoms with Gasteiger partial charge in [0.25, 0.3) is 0 Å². The summed E-state index contributed by atoms with van der Waals surface area (Å²) < 4.78 is 41.0. The number of nitrogens with zero attached hydrogens (tertiary/aromatic N) is 2. The van der Waals surface area contributed by atoms with Gasteiger partial charge in [0, 0.05) is 25.5 Å². The minimum atomic E-state index is -5.00. The molecular weight excluding hydrogens is 299 g/mol. The van der Waals surface area contributed by atoms with Crippen molar-refractivity contribution in [3.8, 4) is 0 Å². The molecule has 2 N–H and O–H groups in total. The molecule has 2 unspecified atom stereocenters. The molecule has 0 spiro atoms. The first-order valence-corrected chi connectivity index (χ1v) is 7.21. The van der Waals surface area contributed by atoms with Crippen molar-refractivity contribution in [2.75, 3.05) is 0 Å². The molecular formula is C14H20F3N3O2. The van der Waals surface area contributed by atoms with Crippen LogP contribution in [0.3, 0.4) is 0 Å². The highest BCUT2D eigenvalue weighted by molar-refractivity contribution is 5.77. The summed E-state index contributed by atoms with van der Waals surface area (Å²) >= 11 is 0. The minimum absolute atomic E-state index is 0.194. The number of aryl methyl sites for hydroxylation is 1. The van der Waals surface area contributed by atoms with Crippen LogP contribution < -0.4 is 5.32 Å². The first kappa shape index (κ1) is 16.8. The van der Waals surface area contributed by atoms with E-state index in [4.69, 9.17) is 0 Å². The quantitative estimate of drug-likeness (QED) is 0.870. The zero-order valence-electron chi connectivity index (χ0n) is 12.5. The third-order valence-electron chi connectivity index (χ3n) is 4.32. The Hall–Kier alpha value is -1.57. The lowest BCUT2D eigenvalue weighted by Gasteiger charge is -2.33. The summed E-state index contributed by atoms with van der Waals surface area (Å²) in [6.07, 6.45) is -0.650. The summed E-state index contributed by atoms with van der Waals surface area (Å²) in [6, 6.07) is -0.194. The Kier molecular flexibility index (Phi) is 4.51. The number of hydrogen-bond acceptors (Lipinski definition) is 3. The monoisotopic (exact) mass is 319 g/mol. The van der Waals surface area contributed by atoms with Crippen LogP contribution in [0.5, 0.6) is 0 Å². The van der Waals surface area contributed by atoms with Crippen LogP contribution >= 0.6 is 0 Å². The van der Waals surface area contributed by atoms with Crippen LogP contribution in [0.25, 0.3) is 0 Å². The second kappa shape index (κ2) is 5.91. The number of carbonyl (C=O) groups is 1. The number of carbonyl (C=O) groups excluding carboxylic acids is 1. The Morgan fingerprint density at radius 2 is 2.18 bits per heavy atom. The third kappa shape index (κ3) is 3.11. The van der Waals surface area contributed by atoms with Crippen molar-refractivity contribution in [1.29, 1.82) is 0 Å². The van der Waals surface area contributed by atoms with Crippen LogP contribution in [0.4, 0.5) is 13.2 Å².